The van der Waals surface area contributed by atoms with Crippen LogP contribution in [0.25, 0.3) is 28.0 Å². The van der Waals surface area contributed by atoms with Crippen molar-refractivity contribution in [2.45, 2.75) is 52.6 Å². The number of hydrogen-bond donors (Lipinski definition) is 0. The molecule has 4 rings (SSSR count). The quantitative estimate of drug-likeness (QED) is 0.366. The SMILES string of the molecule is CC(C)(C)Oc1ccc(-c2cnc3ccc(-c4ccc(C(C)(C)C)cc4)cn23)cc1. The molecule has 2 heterocycles. The fraction of sp³-hybridized carbons (Fsp3) is 0.296. The minimum absolute atomic E-state index is 0.156. The van der Waals surface area contributed by atoms with Gasteiger partial charge in [-0.25, -0.2) is 4.98 Å². The van der Waals surface area contributed by atoms with Gasteiger partial charge in [0.05, 0.1) is 11.9 Å². The molecule has 4 aromatic rings. The Morgan fingerprint density at radius 3 is 1.90 bits per heavy atom. The summed E-state index contributed by atoms with van der Waals surface area (Å²) in [6, 6.07) is 21.3. The molecule has 3 nitrogen and oxygen atoms in total. The Bertz CT molecular complexity index is 1150. The van der Waals surface area contributed by atoms with E-state index in [9.17, 15) is 0 Å². The first-order valence-corrected chi connectivity index (χ1v) is 10.5. The standard InChI is InChI=1S/C27H30N2O/c1-26(2,3)22-12-7-19(8-13-22)21-11-16-25-28-17-24(29(25)18-21)20-9-14-23(15-10-20)30-27(4,5)6/h7-18H,1-6H3. The highest BCUT2D eigenvalue weighted by atomic mass is 16.5. The molecule has 0 saturated carbocycles. The molecule has 3 heteroatoms. The normalized spacial score (nSPS) is 12.3. The first-order valence-electron chi connectivity index (χ1n) is 10.5. The Kier molecular flexibility index (Phi) is 4.93. The van der Waals surface area contributed by atoms with Gasteiger partial charge in [0.1, 0.15) is 17.0 Å². The van der Waals surface area contributed by atoms with Crippen molar-refractivity contribution in [2.75, 3.05) is 0 Å². The van der Waals surface area contributed by atoms with Crippen molar-refractivity contribution in [2.24, 2.45) is 0 Å². The van der Waals surface area contributed by atoms with E-state index in [1.807, 2.05) is 18.3 Å². The lowest BCUT2D eigenvalue weighted by Gasteiger charge is -2.21. The third kappa shape index (κ3) is 4.25. The molecule has 0 aliphatic heterocycles. The number of fused-ring (bicyclic) bond motifs is 1. The summed E-state index contributed by atoms with van der Waals surface area (Å²) in [5.74, 6) is 0.875. The van der Waals surface area contributed by atoms with Crippen molar-refractivity contribution in [1.82, 2.24) is 9.38 Å². The van der Waals surface area contributed by atoms with Crippen LogP contribution >= 0.6 is 0 Å². The van der Waals surface area contributed by atoms with E-state index in [0.29, 0.717) is 0 Å². The average Bonchev–Trinajstić information content (AvgIpc) is 3.10. The first kappa shape index (κ1) is 20.2. The first-order chi connectivity index (χ1) is 14.1. The monoisotopic (exact) mass is 398 g/mol. The maximum absolute atomic E-state index is 5.95. The van der Waals surface area contributed by atoms with Crippen LogP contribution < -0.4 is 4.74 Å². The topological polar surface area (TPSA) is 26.5 Å². The van der Waals surface area contributed by atoms with Gasteiger partial charge in [-0.05, 0) is 79.3 Å². The second-order valence-corrected chi connectivity index (χ2v) is 9.86. The third-order valence-electron chi connectivity index (χ3n) is 5.16. The maximum Gasteiger partial charge on any atom is 0.137 e. The van der Waals surface area contributed by atoms with Gasteiger partial charge in [-0.1, -0.05) is 45.0 Å². The van der Waals surface area contributed by atoms with E-state index in [-0.39, 0.29) is 11.0 Å². The van der Waals surface area contributed by atoms with Gasteiger partial charge in [-0.2, -0.15) is 0 Å². The predicted molar refractivity (Wildman–Crippen MR) is 125 cm³/mol. The number of benzene rings is 2. The fourth-order valence-electron chi connectivity index (χ4n) is 3.57. The van der Waals surface area contributed by atoms with Crippen LogP contribution in [0.1, 0.15) is 47.1 Å². The van der Waals surface area contributed by atoms with Gasteiger partial charge in [-0.3, -0.25) is 4.40 Å². The summed E-state index contributed by atoms with van der Waals surface area (Å²) in [6.45, 7) is 12.9. The minimum Gasteiger partial charge on any atom is -0.488 e. The van der Waals surface area contributed by atoms with Crippen LogP contribution in [-0.4, -0.2) is 15.0 Å². The van der Waals surface area contributed by atoms with E-state index in [0.717, 1.165) is 22.7 Å². The summed E-state index contributed by atoms with van der Waals surface area (Å²) in [4.78, 5) is 4.59. The van der Waals surface area contributed by atoms with Gasteiger partial charge < -0.3 is 4.74 Å². The minimum atomic E-state index is -0.206. The van der Waals surface area contributed by atoms with E-state index < -0.39 is 0 Å². The zero-order valence-electron chi connectivity index (χ0n) is 18.7. The zero-order valence-corrected chi connectivity index (χ0v) is 18.7. The second-order valence-electron chi connectivity index (χ2n) is 9.86. The van der Waals surface area contributed by atoms with Gasteiger partial charge in [0.25, 0.3) is 0 Å². The van der Waals surface area contributed by atoms with Crippen molar-refractivity contribution in [3.05, 3.63) is 78.6 Å². The highest BCUT2D eigenvalue weighted by Crippen LogP contribution is 2.29. The molecule has 0 aliphatic rings. The van der Waals surface area contributed by atoms with Gasteiger partial charge in [0.2, 0.25) is 0 Å². The molecular weight excluding hydrogens is 368 g/mol. The molecule has 0 radical (unpaired) electrons. The third-order valence-corrected chi connectivity index (χ3v) is 5.16. The van der Waals surface area contributed by atoms with E-state index in [1.54, 1.807) is 0 Å². The van der Waals surface area contributed by atoms with Crippen LogP contribution in [0.5, 0.6) is 5.75 Å². The molecule has 0 amide bonds. The summed E-state index contributed by atoms with van der Waals surface area (Å²) in [5.41, 5.74) is 6.80. The van der Waals surface area contributed by atoms with Crippen LogP contribution in [0.2, 0.25) is 0 Å². The van der Waals surface area contributed by atoms with Crippen molar-refractivity contribution in [1.29, 1.82) is 0 Å². The molecule has 154 valence electrons. The summed E-state index contributed by atoms with van der Waals surface area (Å²) in [5, 5.41) is 0. The molecular formula is C27H30N2O. The molecule has 0 fully saturated rings. The number of hydrogen-bond acceptors (Lipinski definition) is 2. The van der Waals surface area contributed by atoms with Crippen LogP contribution in [0.3, 0.4) is 0 Å². The van der Waals surface area contributed by atoms with Crippen LogP contribution in [0.15, 0.2) is 73.1 Å². The molecule has 0 bridgehead atoms. The molecule has 0 atom stereocenters. The second kappa shape index (κ2) is 7.32. The van der Waals surface area contributed by atoms with Gasteiger partial charge >= 0.3 is 0 Å². The Balaban J connectivity index is 1.68. The van der Waals surface area contributed by atoms with Crippen LogP contribution in [-0.2, 0) is 5.41 Å². The summed E-state index contributed by atoms with van der Waals surface area (Å²) in [6.07, 6.45) is 4.10. The lowest BCUT2D eigenvalue weighted by Crippen LogP contribution is -2.22. The largest absolute Gasteiger partial charge is 0.488 e. The Hall–Kier alpha value is -3.07. The van der Waals surface area contributed by atoms with E-state index in [4.69, 9.17) is 4.74 Å². The van der Waals surface area contributed by atoms with Crippen molar-refractivity contribution in [3.63, 3.8) is 0 Å². The lowest BCUT2D eigenvalue weighted by molar-refractivity contribution is 0.131. The molecule has 2 aromatic carbocycles. The molecule has 30 heavy (non-hydrogen) atoms. The Morgan fingerprint density at radius 1 is 0.700 bits per heavy atom. The van der Waals surface area contributed by atoms with Crippen molar-refractivity contribution < 1.29 is 4.74 Å². The Morgan fingerprint density at radius 2 is 1.30 bits per heavy atom. The number of imidazole rings is 1. The number of pyridine rings is 1. The zero-order chi connectivity index (χ0) is 21.5. The van der Waals surface area contributed by atoms with Gasteiger partial charge in [0, 0.05) is 11.8 Å². The number of ether oxygens (including phenoxy) is 1. The van der Waals surface area contributed by atoms with Gasteiger partial charge in [-0.15, -0.1) is 0 Å². The van der Waals surface area contributed by atoms with Crippen LogP contribution in [0.4, 0.5) is 0 Å². The van der Waals surface area contributed by atoms with Gasteiger partial charge in [0.15, 0.2) is 0 Å². The number of nitrogens with zero attached hydrogens (tertiary/aromatic N) is 2. The highest BCUT2D eigenvalue weighted by molar-refractivity contribution is 5.69. The lowest BCUT2D eigenvalue weighted by atomic mass is 9.86. The van der Waals surface area contributed by atoms with Crippen molar-refractivity contribution >= 4 is 5.65 Å². The fourth-order valence-corrected chi connectivity index (χ4v) is 3.57. The molecule has 2 aromatic heterocycles. The molecule has 0 saturated heterocycles. The Labute approximate surface area is 179 Å². The summed E-state index contributed by atoms with van der Waals surface area (Å²) < 4.78 is 8.11. The molecule has 0 spiro atoms. The summed E-state index contributed by atoms with van der Waals surface area (Å²) >= 11 is 0. The maximum atomic E-state index is 5.95. The summed E-state index contributed by atoms with van der Waals surface area (Å²) in [7, 11) is 0. The molecule has 0 aliphatic carbocycles. The van der Waals surface area contributed by atoms with E-state index in [1.165, 1.54) is 16.7 Å². The number of rotatable bonds is 3. The average molecular weight is 399 g/mol. The molecule has 0 N–H and O–H groups in total. The number of aromatic nitrogens is 2. The van der Waals surface area contributed by atoms with E-state index >= 15 is 0 Å². The highest BCUT2D eigenvalue weighted by Gasteiger charge is 2.14. The molecule has 0 unspecified atom stereocenters. The van der Waals surface area contributed by atoms with Crippen molar-refractivity contribution in [3.8, 4) is 28.1 Å². The smallest absolute Gasteiger partial charge is 0.137 e. The predicted octanol–water partition coefficient (Wildman–Crippen LogP) is 7.14. The van der Waals surface area contributed by atoms with E-state index in [2.05, 4.69) is 106 Å². The van der Waals surface area contributed by atoms with Crippen LogP contribution in [0, 0.1) is 0 Å².